The summed E-state index contributed by atoms with van der Waals surface area (Å²) in [6.07, 6.45) is 35.2. The number of rotatable bonds is 40. The minimum Gasteiger partial charge on any atom is -0.462 e. The number of hydrogen-bond donors (Lipinski definition) is 0. The molecule has 0 bridgehead atoms. The molecule has 314 valence electrons. The van der Waals surface area contributed by atoms with Crippen LogP contribution in [0.1, 0.15) is 247 Å². The summed E-state index contributed by atoms with van der Waals surface area (Å²) >= 11 is 0. The molecular weight excluding hydrogens is 661 g/mol. The average Bonchev–Trinajstić information content (AvgIpc) is 3.12. The molecule has 6 nitrogen and oxygen atoms in total. The van der Waals surface area contributed by atoms with Gasteiger partial charge in [0.2, 0.25) is 0 Å². The van der Waals surface area contributed by atoms with Gasteiger partial charge >= 0.3 is 17.9 Å². The topological polar surface area (TPSA) is 78.9 Å². The number of hydrogen-bond acceptors (Lipinski definition) is 6. The first kappa shape index (κ1) is 51.4. The summed E-state index contributed by atoms with van der Waals surface area (Å²) in [6.45, 7) is 13.6. The van der Waals surface area contributed by atoms with Gasteiger partial charge in [-0.25, -0.2) is 0 Å². The van der Waals surface area contributed by atoms with E-state index >= 15 is 0 Å². The van der Waals surface area contributed by atoms with Crippen molar-refractivity contribution in [2.75, 3.05) is 13.2 Å². The van der Waals surface area contributed by atoms with Gasteiger partial charge in [0.15, 0.2) is 6.10 Å². The third-order valence-electron chi connectivity index (χ3n) is 10.8. The molecule has 0 aliphatic heterocycles. The highest BCUT2D eigenvalue weighted by Crippen LogP contribution is 2.17. The van der Waals surface area contributed by atoms with Crippen molar-refractivity contribution in [3.05, 3.63) is 0 Å². The number of unbranched alkanes of at least 4 members (excludes halogenated alkanes) is 22. The van der Waals surface area contributed by atoms with Crippen molar-refractivity contribution in [2.24, 2.45) is 17.8 Å². The van der Waals surface area contributed by atoms with E-state index in [1.54, 1.807) is 0 Å². The van der Waals surface area contributed by atoms with Crippen LogP contribution in [0.15, 0.2) is 0 Å². The van der Waals surface area contributed by atoms with E-state index in [2.05, 4.69) is 41.5 Å². The molecule has 1 unspecified atom stereocenters. The van der Waals surface area contributed by atoms with Crippen molar-refractivity contribution < 1.29 is 28.6 Å². The summed E-state index contributed by atoms with van der Waals surface area (Å²) in [7, 11) is 0. The predicted octanol–water partition coefficient (Wildman–Crippen LogP) is 14.4. The third kappa shape index (κ3) is 39.9. The van der Waals surface area contributed by atoms with Crippen molar-refractivity contribution in [1.82, 2.24) is 0 Å². The van der Waals surface area contributed by atoms with Crippen LogP contribution in [0.3, 0.4) is 0 Å². The van der Waals surface area contributed by atoms with E-state index in [0.717, 1.165) is 75.5 Å². The first-order chi connectivity index (χ1) is 25.6. The van der Waals surface area contributed by atoms with Crippen LogP contribution in [0.2, 0.25) is 0 Å². The van der Waals surface area contributed by atoms with Gasteiger partial charge in [0.25, 0.3) is 0 Å². The number of esters is 3. The first-order valence-corrected chi connectivity index (χ1v) is 23.1. The summed E-state index contributed by atoms with van der Waals surface area (Å²) in [4.78, 5) is 37.7. The van der Waals surface area contributed by atoms with Gasteiger partial charge in [-0.3, -0.25) is 14.4 Å². The largest absolute Gasteiger partial charge is 0.462 e. The third-order valence-corrected chi connectivity index (χ3v) is 10.8. The van der Waals surface area contributed by atoms with Gasteiger partial charge in [0.1, 0.15) is 13.2 Å². The van der Waals surface area contributed by atoms with Gasteiger partial charge in [0.05, 0.1) is 0 Å². The van der Waals surface area contributed by atoms with E-state index in [1.807, 2.05) is 0 Å². The Morgan fingerprint density at radius 3 is 0.981 bits per heavy atom. The van der Waals surface area contributed by atoms with Gasteiger partial charge in [-0.15, -0.1) is 0 Å². The minimum absolute atomic E-state index is 0.0666. The van der Waals surface area contributed by atoms with Crippen molar-refractivity contribution >= 4 is 17.9 Å². The molecule has 0 saturated carbocycles. The Balaban J connectivity index is 4.36. The lowest BCUT2D eigenvalue weighted by atomic mass is 9.99. The zero-order valence-electron chi connectivity index (χ0n) is 36.3. The fraction of sp³-hybridized carbons (Fsp3) is 0.936. The molecule has 0 aliphatic rings. The van der Waals surface area contributed by atoms with Crippen LogP contribution in [0.4, 0.5) is 0 Å². The maximum absolute atomic E-state index is 12.7. The Bertz CT molecular complexity index is 824. The van der Waals surface area contributed by atoms with Gasteiger partial charge in [-0.2, -0.15) is 0 Å². The van der Waals surface area contributed by atoms with E-state index < -0.39 is 6.10 Å². The summed E-state index contributed by atoms with van der Waals surface area (Å²) in [5.74, 6) is 1.59. The lowest BCUT2D eigenvalue weighted by molar-refractivity contribution is -0.167. The van der Waals surface area contributed by atoms with Crippen molar-refractivity contribution in [1.29, 1.82) is 0 Å². The maximum Gasteiger partial charge on any atom is 0.306 e. The molecule has 0 aromatic carbocycles. The molecule has 0 saturated heterocycles. The highest BCUT2D eigenvalue weighted by molar-refractivity contribution is 5.71. The molecule has 2 atom stereocenters. The van der Waals surface area contributed by atoms with E-state index in [4.69, 9.17) is 14.2 Å². The zero-order valence-corrected chi connectivity index (χ0v) is 36.3. The van der Waals surface area contributed by atoms with Gasteiger partial charge in [-0.05, 0) is 37.0 Å². The normalized spacial score (nSPS) is 12.7. The van der Waals surface area contributed by atoms with Crippen molar-refractivity contribution in [2.45, 2.75) is 253 Å². The van der Waals surface area contributed by atoms with Crippen LogP contribution < -0.4 is 0 Å². The Labute approximate surface area is 329 Å². The van der Waals surface area contributed by atoms with E-state index in [0.29, 0.717) is 19.3 Å². The molecular formula is C47H90O6. The Morgan fingerprint density at radius 1 is 0.377 bits per heavy atom. The Hall–Kier alpha value is -1.59. The second-order valence-electron chi connectivity index (χ2n) is 17.2. The van der Waals surface area contributed by atoms with Crippen LogP contribution in [-0.2, 0) is 28.6 Å². The second-order valence-corrected chi connectivity index (χ2v) is 17.2. The lowest BCUT2D eigenvalue weighted by Gasteiger charge is -2.18. The quantitative estimate of drug-likeness (QED) is 0.0352. The SMILES string of the molecule is CCC(C)CCCCCCCCCCC(=O)O[C@@H](COC(=O)CCCCCCCCCCCC(C)C)COC(=O)CCCCCCCCCCC(C)C. The van der Waals surface area contributed by atoms with Gasteiger partial charge < -0.3 is 14.2 Å². The highest BCUT2D eigenvalue weighted by atomic mass is 16.6. The van der Waals surface area contributed by atoms with Crippen molar-refractivity contribution in [3.63, 3.8) is 0 Å². The molecule has 0 radical (unpaired) electrons. The Morgan fingerprint density at radius 2 is 0.660 bits per heavy atom. The standard InChI is InChI=1S/C47H90O6/c1-7-43(6)35-29-23-17-12-14-20-26-32-38-47(50)53-44(40-52-46(49)37-31-25-19-13-11-16-22-28-34-42(4)5)39-51-45(48)36-30-24-18-10-8-9-15-21-27-33-41(2)3/h41-44H,7-40H2,1-6H3/t43?,44-/m0/s1. The monoisotopic (exact) mass is 751 g/mol. The second kappa shape index (κ2) is 38.7. The van der Waals surface area contributed by atoms with Crippen LogP contribution in [-0.4, -0.2) is 37.2 Å². The zero-order chi connectivity index (χ0) is 39.2. The molecule has 0 aromatic heterocycles. The van der Waals surface area contributed by atoms with E-state index in [9.17, 15) is 14.4 Å². The Kier molecular flexibility index (Phi) is 37.5. The molecule has 53 heavy (non-hydrogen) atoms. The molecule has 0 heterocycles. The molecule has 0 amide bonds. The van der Waals surface area contributed by atoms with E-state index in [-0.39, 0.29) is 31.1 Å². The van der Waals surface area contributed by atoms with Crippen LogP contribution >= 0.6 is 0 Å². The summed E-state index contributed by atoms with van der Waals surface area (Å²) < 4.78 is 16.7. The van der Waals surface area contributed by atoms with Crippen LogP contribution in [0.5, 0.6) is 0 Å². The van der Waals surface area contributed by atoms with Gasteiger partial charge in [-0.1, -0.05) is 208 Å². The molecule has 0 aromatic rings. The van der Waals surface area contributed by atoms with Gasteiger partial charge in [0, 0.05) is 19.3 Å². The molecule has 0 fully saturated rings. The molecule has 6 heteroatoms. The van der Waals surface area contributed by atoms with Crippen LogP contribution in [0.25, 0.3) is 0 Å². The number of carbonyl (C=O) groups excluding carboxylic acids is 3. The fourth-order valence-corrected chi connectivity index (χ4v) is 6.85. The average molecular weight is 751 g/mol. The summed E-state index contributed by atoms with van der Waals surface area (Å²) in [6, 6.07) is 0. The number of carbonyl (C=O) groups is 3. The lowest BCUT2D eigenvalue weighted by Crippen LogP contribution is -2.30. The van der Waals surface area contributed by atoms with Crippen molar-refractivity contribution in [3.8, 4) is 0 Å². The molecule has 0 rings (SSSR count). The summed E-state index contributed by atoms with van der Waals surface area (Å²) in [5, 5.41) is 0. The molecule has 0 aliphatic carbocycles. The van der Waals surface area contributed by atoms with Crippen LogP contribution in [0, 0.1) is 17.8 Å². The summed E-state index contributed by atoms with van der Waals surface area (Å²) in [5.41, 5.74) is 0. The highest BCUT2D eigenvalue weighted by Gasteiger charge is 2.19. The minimum atomic E-state index is -0.762. The molecule has 0 N–H and O–H groups in total. The molecule has 0 spiro atoms. The smallest absolute Gasteiger partial charge is 0.306 e. The predicted molar refractivity (Wildman–Crippen MR) is 224 cm³/mol. The van der Waals surface area contributed by atoms with E-state index in [1.165, 1.54) is 128 Å². The fourth-order valence-electron chi connectivity index (χ4n) is 6.85. The first-order valence-electron chi connectivity index (χ1n) is 23.1. The maximum atomic E-state index is 12.7. The number of ether oxygens (including phenoxy) is 3.